The van der Waals surface area contributed by atoms with E-state index in [9.17, 15) is 61.5 Å². The predicted octanol–water partition coefficient (Wildman–Crippen LogP) is 4.67. The fourth-order valence-electron chi connectivity index (χ4n) is 1.19. The first-order chi connectivity index (χ1) is 9.82. The first-order valence-corrected chi connectivity index (χ1v) is 4.96. The molecule has 0 bridgehead atoms. The van der Waals surface area contributed by atoms with Gasteiger partial charge in [0.05, 0.1) is 0 Å². The highest BCUT2D eigenvalue weighted by atomic mass is 19.4. The van der Waals surface area contributed by atoms with E-state index in [1.54, 1.807) is 0 Å². The molecule has 0 saturated carbocycles. The SMILES string of the molecule is FC(F)COC(F)(C(F)C(F)(C(F)(F)F)C(F)(F)F)C(F)(F)F. The van der Waals surface area contributed by atoms with E-state index in [2.05, 4.69) is 4.74 Å². The van der Waals surface area contributed by atoms with Gasteiger partial charge in [-0.2, -0.15) is 43.9 Å². The van der Waals surface area contributed by atoms with Crippen LogP contribution in [0.1, 0.15) is 0 Å². The number of hydrogen-bond acceptors (Lipinski definition) is 1. The van der Waals surface area contributed by atoms with Crippen molar-refractivity contribution in [3.8, 4) is 0 Å². The van der Waals surface area contributed by atoms with Crippen molar-refractivity contribution in [2.24, 2.45) is 0 Å². The van der Waals surface area contributed by atoms with E-state index in [4.69, 9.17) is 0 Å². The molecule has 0 rings (SSSR count). The molecule has 0 saturated heterocycles. The summed E-state index contributed by atoms with van der Waals surface area (Å²) in [5, 5.41) is 0. The van der Waals surface area contributed by atoms with Crippen molar-refractivity contribution >= 4 is 0 Å². The molecule has 1 nitrogen and oxygen atoms in total. The minimum Gasteiger partial charge on any atom is -0.331 e. The summed E-state index contributed by atoms with van der Waals surface area (Å²) in [5.41, 5.74) is -7.37. The number of rotatable bonds is 5. The van der Waals surface area contributed by atoms with Gasteiger partial charge in [-0.15, -0.1) is 0 Å². The maximum Gasteiger partial charge on any atom is 0.451 e. The van der Waals surface area contributed by atoms with E-state index in [1.165, 1.54) is 0 Å². The fraction of sp³-hybridized carbons (Fsp3) is 1.00. The lowest BCUT2D eigenvalue weighted by Gasteiger charge is -2.39. The molecule has 0 fully saturated rings. The molecule has 0 aliphatic rings. The summed E-state index contributed by atoms with van der Waals surface area (Å²) < 4.78 is 175. The average molecular weight is 382 g/mol. The van der Waals surface area contributed by atoms with Gasteiger partial charge in [0.2, 0.25) is 6.17 Å². The standard InChI is InChI=1S/C8H4F14O/c9-2(10)1-23-5(13,8(20,21)22)3(11)4(12,6(14,15)16)7(17,18)19/h2-3H,1H2. The average Bonchev–Trinajstić information content (AvgIpc) is 2.29. The van der Waals surface area contributed by atoms with Gasteiger partial charge in [0.1, 0.15) is 6.61 Å². The third-order valence-corrected chi connectivity index (χ3v) is 2.31. The summed E-state index contributed by atoms with van der Waals surface area (Å²) in [6.45, 7) is -2.75. The Morgan fingerprint density at radius 1 is 0.609 bits per heavy atom. The predicted molar refractivity (Wildman–Crippen MR) is 42.7 cm³/mol. The van der Waals surface area contributed by atoms with Gasteiger partial charge in [0, 0.05) is 0 Å². The van der Waals surface area contributed by atoms with Crippen LogP contribution >= 0.6 is 0 Å². The van der Waals surface area contributed by atoms with E-state index in [1.807, 2.05) is 0 Å². The van der Waals surface area contributed by atoms with Gasteiger partial charge in [0.15, 0.2) is 0 Å². The molecule has 0 spiro atoms. The summed E-state index contributed by atoms with van der Waals surface area (Å²) in [6, 6.07) is 0. The van der Waals surface area contributed by atoms with E-state index in [-0.39, 0.29) is 0 Å². The maximum absolute atomic E-state index is 13.3. The molecule has 0 N–H and O–H groups in total. The van der Waals surface area contributed by atoms with E-state index in [0.717, 1.165) is 0 Å². The number of alkyl halides is 14. The van der Waals surface area contributed by atoms with Crippen molar-refractivity contribution in [1.29, 1.82) is 0 Å². The quantitative estimate of drug-likeness (QED) is 0.629. The molecule has 0 aromatic carbocycles. The zero-order valence-electron chi connectivity index (χ0n) is 10.1. The Morgan fingerprint density at radius 3 is 1.17 bits per heavy atom. The van der Waals surface area contributed by atoms with Crippen LogP contribution in [0, 0.1) is 0 Å². The normalized spacial score (nSPS) is 18.9. The van der Waals surface area contributed by atoms with E-state index < -0.39 is 49.3 Å². The first-order valence-electron chi connectivity index (χ1n) is 4.96. The van der Waals surface area contributed by atoms with Crippen LogP contribution in [0.4, 0.5) is 61.5 Å². The molecule has 0 heterocycles. The van der Waals surface area contributed by atoms with Crippen LogP contribution in [-0.2, 0) is 4.74 Å². The molecule has 0 radical (unpaired) electrons. The number of halogens is 14. The van der Waals surface area contributed by atoms with Crippen LogP contribution in [0.25, 0.3) is 0 Å². The van der Waals surface area contributed by atoms with Crippen LogP contribution < -0.4 is 0 Å². The lowest BCUT2D eigenvalue weighted by molar-refractivity contribution is -0.421. The number of hydrogen-bond donors (Lipinski definition) is 0. The zero-order chi connectivity index (χ0) is 19.1. The smallest absolute Gasteiger partial charge is 0.331 e. The van der Waals surface area contributed by atoms with E-state index in [0.29, 0.717) is 0 Å². The summed E-state index contributed by atoms with van der Waals surface area (Å²) >= 11 is 0. The lowest BCUT2D eigenvalue weighted by atomic mass is 9.92. The minimum absolute atomic E-state index is 2.50. The van der Waals surface area contributed by atoms with Gasteiger partial charge in [-0.3, -0.25) is 0 Å². The second kappa shape index (κ2) is 6.12. The second-order valence-electron chi connectivity index (χ2n) is 3.91. The second-order valence-corrected chi connectivity index (χ2v) is 3.91. The van der Waals surface area contributed by atoms with Gasteiger partial charge in [0.25, 0.3) is 6.43 Å². The summed E-state index contributed by atoms with van der Waals surface area (Å²) in [7, 11) is 0. The van der Waals surface area contributed by atoms with Crippen molar-refractivity contribution in [2.75, 3.05) is 6.61 Å². The molecule has 0 amide bonds. The number of ether oxygens (including phenoxy) is 1. The van der Waals surface area contributed by atoms with Gasteiger partial charge in [-0.25, -0.2) is 17.6 Å². The largest absolute Gasteiger partial charge is 0.451 e. The molecule has 0 aliphatic carbocycles. The van der Waals surface area contributed by atoms with E-state index >= 15 is 0 Å². The van der Waals surface area contributed by atoms with Crippen molar-refractivity contribution in [3.05, 3.63) is 0 Å². The van der Waals surface area contributed by atoms with Crippen LogP contribution in [0.15, 0.2) is 0 Å². The lowest BCUT2D eigenvalue weighted by Crippen LogP contribution is -2.69. The van der Waals surface area contributed by atoms with Crippen LogP contribution in [-0.4, -0.2) is 49.3 Å². The third-order valence-electron chi connectivity index (χ3n) is 2.31. The molecule has 23 heavy (non-hydrogen) atoms. The Labute approximate surface area is 117 Å². The molecule has 0 aromatic rings. The molecular formula is C8H4F14O. The summed E-state index contributed by atoms with van der Waals surface area (Å²) in [6.07, 6.45) is -32.0. The highest BCUT2D eigenvalue weighted by Gasteiger charge is 2.84. The highest BCUT2D eigenvalue weighted by molar-refractivity contribution is 5.08. The molecule has 2 atom stereocenters. The molecule has 0 aliphatic heterocycles. The Morgan fingerprint density at radius 2 is 0.957 bits per heavy atom. The van der Waals surface area contributed by atoms with Crippen molar-refractivity contribution < 1.29 is 66.2 Å². The maximum atomic E-state index is 13.3. The Kier molecular flexibility index (Phi) is 5.85. The molecule has 15 heteroatoms. The molecular weight excluding hydrogens is 378 g/mol. The van der Waals surface area contributed by atoms with Crippen molar-refractivity contribution in [2.45, 2.75) is 42.6 Å². The Balaban J connectivity index is 6.16. The molecule has 0 aromatic heterocycles. The van der Waals surface area contributed by atoms with Gasteiger partial charge in [-0.05, 0) is 0 Å². The third kappa shape index (κ3) is 3.91. The van der Waals surface area contributed by atoms with Crippen LogP contribution in [0.2, 0.25) is 0 Å². The molecule has 2 unspecified atom stereocenters. The first kappa shape index (κ1) is 22.0. The van der Waals surface area contributed by atoms with Crippen LogP contribution in [0.5, 0.6) is 0 Å². The fourth-order valence-corrected chi connectivity index (χ4v) is 1.19. The zero-order valence-corrected chi connectivity index (χ0v) is 10.1. The monoisotopic (exact) mass is 382 g/mol. The van der Waals surface area contributed by atoms with Gasteiger partial charge < -0.3 is 4.74 Å². The van der Waals surface area contributed by atoms with Gasteiger partial charge in [-0.1, -0.05) is 0 Å². The summed E-state index contributed by atoms with van der Waals surface area (Å²) in [5.74, 6) is -6.64. The Bertz CT molecular complexity index is 379. The van der Waals surface area contributed by atoms with Crippen molar-refractivity contribution in [3.63, 3.8) is 0 Å². The van der Waals surface area contributed by atoms with Crippen LogP contribution in [0.3, 0.4) is 0 Å². The summed E-state index contributed by atoms with van der Waals surface area (Å²) in [4.78, 5) is 0. The molecule has 140 valence electrons. The minimum atomic E-state index is -7.40. The Hall–Kier alpha value is -1.02. The van der Waals surface area contributed by atoms with Gasteiger partial charge >= 0.3 is 30.1 Å². The van der Waals surface area contributed by atoms with Crippen molar-refractivity contribution in [1.82, 2.24) is 0 Å². The topological polar surface area (TPSA) is 9.23 Å². The highest BCUT2D eigenvalue weighted by Crippen LogP contribution is 2.55.